The molecule has 2 aromatic carbocycles. The van der Waals surface area contributed by atoms with Crippen molar-refractivity contribution in [2.24, 2.45) is 0 Å². The van der Waals surface area contributed by atoms with E-state index in [2.05, 4.69) is 21.2 Å². The van der Waals surface area contributed by atoms with Crippen molar-refractivity contribution in [1.29, 1.82) is 0 Å². The lowest BCUT2D eigenvalue weighted by Gasteiger charge is -2.12. The quantitative estimate of drug-likeness (QED) is 0.232. The minimum atomic E-state index is -0.958. The van der Waals surface area contributed by atoms with Gasteiger partial charge in [-0.05, 0) is 48.9 Å². The second-order valence-electron chi connectivity index (χ2n) is 6.26. The molecule has 152 valence electrons. The number of allylic oxidation sites excluding steroid dienone is 1. The Labute approximate surface area is 178 Å². The Kier molecular flexibility index (Phi) is 6.12. The molecule has 8 nitrogen and oxygen atoms in total. The van der Waals surface area contributed by atoms with E-state index in [0.29, 0.717) is 11.3 Å². The highest BCUT2D eigenvalue weighted by molar-refractivity contribution is 9.10. The number of halogens is 1. The van der Waals surface area contributed by atoms with Gasteiger partial charge < -0.3 is 14.8 Å². The number of nitrogens with one attached hydrogen (secondary N) is 1. The van der Waals surface area contributed by atoms with Crippen molar-refractivity contribution in [3.63, 3.8) is 0 Å². The van der Waals surface area contributed by atoms with Gasteiger partial charge in [-0.25, -0.2) is 4.79 Å². The summed E-state index contributed by atoms with van der Waals surface area (Å²) in [5.41, 5.74) is -0.192. The van der Waals surface area contributed by atoms with Gasteiger partial charge in [-0.3, -0.25) is 14.9 Å². The van der Waals surface area contributed by atoms with E-state index in [1.54, 1.807) is 24.3 Å². The SMILES string of the molecule is Cc1cc(O)c(C(=O)/C=C(\Nc2ccc(Br)cc2)c2ccc([N+](=O)[O-])cc2)c(=O)o1. The molecule has 1 aromatic heterocycles. The highest BCUT2D eigenvalue weighted by atomic mass is 79.9. The van der Waals surface area contributed by atoms with Crippen LogP contribution in [0.3, 0.4) is 0 Å². The number of nitro groups is 1. The Morgan fingerprint density at radius 1 is 1.17 bits per heavy atom. The van der Waals surface area contributed by atoms with Crippen LogP contribution in [0.5, 0.6) is 5.75 Å². The molecule has 0 saturated carbocycles. The third-order valence-corrected chi connectivity index (χ3v) is 4.62. The van der Waals surface area contributed by atoms with Crippen molar-refractivity contribution in [2.75, 3.05) is 5.32 Å². The van der Waals surface area contributed by atoms with Gasteiger partial charge in [0.05, 0.1) is 4.92 Å². The van der Waals surface area contributed by atoms with Crippen LogP contribution in [-0.4, -0.2) is 15.8 Å². The number of hydrogen-bond donors (Lipinski definition) is 2. The van der Waals surface area contributed by atoms with Crippen LogP contribution in [0.25, 0.3) is 5.70 Å². The molecular formula is C21H15BrN2O6. The van der Waals surface area contributed by atoms with Crippen LogP contribution in [0.1, 0.15) is 21.7 Å². The van der Waals surface area contributed by atoms with E-state index in [0.717, 1.165) is 10.5 Å². The highest BCUT2D eigenvalue weighted by Crippen LogP contribution is 2.24. The normalized spacial score (nSPS) is 11.2. The van der Waals surface area contributed by atoms with Crippen molar-refractivity contribution in [3.05, 3.63) is 103 Å². The molecule has 30 heavy (non-hydrogen) atoms. The van der Waals surface area contributed by atoms with Crippen LogP contribution in [0, 0.1) is 17.0 Å². The van der Waals surface area contributed by atoms with E-state index in [1.807, 2.05) is 0 Å². The van der Waals surface area contributed by atoms with E-state index in [4.69, 9.17) is 4.42 Å². The van der Waals surface area contributed by atoms with Gasteiger partial charge >= 0.3 is 5.63 Å². The lowest BCUT2D eigenvalue weighted by molar-refractivity contribution is -0.384. The van der Waals surface area contributed by atoms with Crippen LogP contribution >= 0.6 is 15.9 Å². The number of carbonyl (C=O) groups is 1. The van der Waals surface area contributed by atoms with Gasteiger partial charge in [0.15, 0.2) is 5.78 Å². The fourth-order valence-corrected chi connectivity index (χ4v) is 2.93. The zero-order valence-corrected chi connectivity index (χ0v) is 17.2. The van der Waals surface area contributed by atoms with E-state index in [9.17, 15) is 24.8 Å². The molecule has 2 N–H and O–H groups in total. The minimum absolute atomic E-state index is 0.107. The summed E-state index contributed by atoms with van der Waals surface area (Å²) in [6.07, 6.45) is 1.13. The number of non-ortho nitro benzene ring substituents is 1. The molecule has 0 aliphatic heterocycles. The second kappa shape index (κ2) is 8.75. The van der Waals surface area contributed by atoms with Crippen molar-refractivity contribution in [2.45, 2.75) is 6.92 Å². The molecule has 0 fully saturated rings. The number of ketones is 1. The topological polar surface area (TPSA) is 123 Å². The van der Waals surface area contributed by atoms with Crippen molar-refractivity contribution >= 4 is 38.8 Å². The van der Waals surface area contributed by atoms with Gasteiger partial charge in [-0.15, -0.1) is 0 Å². The molecule has 9 heteroatoms. The van der Waals surface area contributed by atoms with Crippen LogP contribution in [-0.2, 0) is 0 Å². The summed E-state index contributed by atoms with van der Waals surface area (Å²) in [6, 6.07) is 13.8. The third-order valence-electron chi connectivity index (χ3n) is 4.09. The van der Waals surface area contributed by atoms with Gasteiger partial charge in [0.2, 0.25) is 0 Å². The fraction of sp³-hybridized carbons (Fsp3) is 0.0476. The first-order valence-electron chi connectivity index (χ1n) is 8.62. The highest BCUT2D eigenvalue weighted by Gasteiger charge is 2.18. The summed E-state index contributed by atoms with van der Waals surface area (Å²) < 4.78 is 5.76. The number of anilines is 1. The molecule has 0 radical (unpaired) electrons. The summed E-state index contributed by atoms with van der Waals surface area (Å²) in [5.74, 6) is -1.10. The molecule has 0 aliphatic rings. The summed E-state index contributed by atoms with van der Waals surface area (Å²) in [7, 11) is 0. The Hall–Kier alpha value is -3.72. The molecule has 0 aliphatic carbocycles. The maximum absolute atomic E-state index is 12.7. The lowest BCUT2D eigenvalue weighted by atomic mass is 10.1. The molecule has 0 amide bonds. The molecule has 1 heterocycles. The number of hydrogen-bond acceptors (Lipinski definition) is 7. The molecule has 0 atom stereocenters. The fourth-order valence-electron chi connectivity index (χ4n) is 2.67. The van der Waals surface area contributed by atoms with E-state index < -0.39 is 27.6 Å². The first-order valence-corrected chi connectivity index (χ1v) is 9.41. The molecule has 3 aromatic rings. The largest absolute Gasteiger partial charge is 0.507 e. The first-order chi connectivity index (χ1) is 14.2. The van der Waals surface area contributed by atoms with Gasteiger partial charge in [-0.1, -0.05) is 15.9 Å². The summed E-state index contributed by atoms with van der Waals surface area (Å²) in [5, 5.41) is 24.0. The minimum Gasteiger partial charge on any atom is -0.507 e. The van der Waals surface area contributed by atoms with Crippen LogP contribution in [0.2, 0.25) is 0 Å². The zero-order valence-electron chi connectivity index (χ0n) is 15.6. The number of rotatable bonds is 6. The van der Waals surface area contributed by atoms with Crippen molar-refractivity contribution in [3.8, 4) is 5.75 Å². The molecule has 3 rings (SSSR count). The smallest absolute Gasteiger partial charge is 0.351 e. The predicted octanol–water partition coefficient (Wildman–Crippen LogP) is 4.66. The molecule has 0 spiro atoms. The first kappa shape index (κ1) is 21.0. The number of aryl methyl sites for hydroxylation is 1. The average molecular weight is 471 g/mol. The van der Waals surface area contributed by atoms with Gasteiger partial charge in [0.25, 0.3) is 5.69 Å². The maximum Gasteiger partial charge on any atom is 0.351 e. The standard InChI is InChI=1S/C21H15BrN2O6/c1-12-10-18(25)20(21(27)30-12)19(26)11-17(23-15-6-4-14(22)5-7-15)13-2-8-16(9-3-13)24(28)29/h2-11,23,25H,1H3/b17-11-. The summed E-state index contributed by atoms with van der Waals surface area (Å²) in [6.45, 7) is 1.47. The van der Waals surface area contributed by atoms with Crippen LogP contribution < -0.4 is 10.9 Å². The monoisotopic (exact) mass is 470 g/mol. The van der Waals surface area contributed by atoms with E-state index in [1.165, 1.54) is 37.3 Å². The Balaban J connectivity index is 2.06. The lowest BCUT2D eigenvalue weighted by Crippen LogP contribution is -2.14. The van der Waals surface area contributed by atoms with E-state index in [-0.39, 0.29) is 17.1 Å². The molecule has 0 saturated heterocycles. The summed E-state index contributed by atoms with van der Waals surface area (Å²) in [4.78, 5) is 35.2. The number of benzene rings is 2. The maximum atomic E-state index is 12.7. The average Bonchev–Trinajstić information content (AvgIpc) is 2.68. The van der Waals surface area contributed by atoms with Gasteiger partial charge in [0.1, 0.15) is 17.1 Å². The predicted molar refractivity (Wildman–Crippen MR) is 115 cm³/mol. The molecule has 0 unspecified atom stereocenters. The molecule has 0 bridgehead atoms. The van der Waals surface area contributed by atoms with Crippen LogP contribution in [0.15, 0.2) is 74.4 Å². The Morgan fingerprint density at radius 2 is 1.80 bits per heavy atom. The van der Waals surface area contributed by atoms with Gasteiger partial charge in [-0.2, -0.15) is 0 Å². The molecular weight excluding hydrogens is 456 g/mol. The third kappa shape index (κ3) is 4.81. The number of nitro benzene ring substituents is 1. The summed E-state index contributed by atoms with van der Waals surface area (Å²) >= 11 is 3.34. The number of aromatic hydroxyl groups is 1. The van der Waals surface area contributed by atoms with Crippen molar-refractivity contribution < 1.29 is 19.2 Å². The zero-order chi connectivity index (χ0) is 21.8. The van der Waals surface area contributed by atoms with Crippen LogP contribution in [0.4, 0.5) is 11.4 Å². The Bertz CT molecular complexity index is 1200. The number of nitrogens with zero attached hydrogens (tertiary/aromatic N) is 1. The number of carbonyl (C=O) groups excluding carboxylic acids is 1. The van der Waals surface area contributed by atoms with Gasteiger partial charge in [0, 0.05) is 40.1 Å². The van der Waals surface area contributed by atoms with Crippen molar-refractivity contribution in [1.82, 2.24) is 0 Å². The second-order valence-corrected chi connectivity index (χ2v) is 7.18. The van der Waals surface area contributed by atoms with E-state index >= 15 is 0 Å². The Morgan fingerprint density at radius 3 is 2.37 bits per heavy atom.